The van der Waals surface area contributed by atoms with Gasteiger partial charge in [-0.2, -0.15) is 0 Å². The number of nitrogens with one attached hydrogen (secondary N) is 1. The molecule has 3 heterocycles. The number of nitrogens with zero attached hydrogens (tertiary/aromatic N) is 3. The molecule has 1 aliphatic rings. The van der Waals surface area contributed by atoms with Crippen LogP contribution < -0.4 is 5.32 Å². The number of ether oxygens (including phenoxy) is 1. The highest BCUT2D eigenvalue weighted by molar-refractivity contribution is 7.20. The Kier molecular flexibility index (Phi) is 3.67. The largest absolute Gasteiger partial charge is 0.388 e. The van der Waals surface area contributed by atoms with Gasteiger partial charge in [0, 0.05) is 38.0 Å². The third-order valence-electron chi connectivity index (χ3n) is 3.80. The predicted octanol–water partition coefficient (Wildman–Crippen LogP) is 2.04. The summed E-state index contributed by atoms with van der Waals surface area (Å²) in [7, 11) is 0. The number of fused-ring (bicyclic) bond motifs is 1. The Morgan fingerprint density at radius 3 is 2.76 bits per heavy atom. The summed E-state index contributed by atoms with van der Waals surface area (Å²) in [5.41, 5.74) is 0.372. The second-order valence-electron chi connectivity index (χ2n) is 6.70. The van der Waals surface area contributed by atoms with Crippen molar-refractivity contribution in [3.05, 3.63) is 11.9 Å². The van der Waals surface area contributed by atoms with E-state index in [9.17, 15) is 5.11 Å². The minimum absolute atomic E-state index is 0.0261. The molecule has 1 saturated heterocycles. The maximum atomic E-state index is 10.4. The molecule has 1 fully saturated rings. The third kappa shape index (κ3) is 3.20. The molecule has 0 amide bonds. The standard InChI is InChI=1S/C14H22N4O2S/c1-13(2,3)10-8-18-12(16-10)21-11(17-18)15-9-14(19)4-6-20-7-5-14/h8,19H,4-7,9H2,1-3H3,(H,15,17). The van der Waals surface area contributed by atoms with Crippen molar-refractivity contribution in [2.45, 2.75) is 44.6 Å². The zero-order valence-corrected chi connectivity index (χ0v) is 13.5. The summed E-state index contributed by atoms with van der Waals surface area (Å²) in [6.45, 7) is 8.15. The molecule has 0 atom stereocenters. The quantitative estimate of drug-likeness (QED) is 0.908. The minimum atomic E-state index is -0.692. The Morgan fingerprint density at radius 2 is 2.14 bits per heavy atom. The lowest BCUT2D eigenvalue weighted by Gasteiger charge is -2.31. The Balaban J connectivity index is 1.69. The van der Waals surface area contributed by atoms with Crippen molar-refractivity contribution < 1.29 is 9.84 Å². The molecule has 3 rings (SSSR count). The molecule has 21 heavy (non-hydrogen) atoms. The Labute approximate surface area is 128 Å². The average molecular weight is 310 g/mol. The van der Waals surface area contributed by atoms with Gasteiger partial charge in [0.1, 0.15) is 0 Å². The van der Waals surface area contributed by atoms with Crippen molar-refractivity contribution in [1.29, 1.82) is 0 Å². The number of hydrogen-bond donors (Lipinski definition) is 2. The van der Waals surface area contributed by atoms with Crippen LogP contribution in [-0.2, 0) is 10.2 Å². The number of imidazole rings is 1. The monoisotopic (exact) mass is 310 g/mol. The highest BCUT2D eigenvalue weighted by Gasteiger charge is 2.30. The first-order chi connectivity index (χ1) is 9.86. The van der Waals surface area contributed by atoms with Gasteiger partial charge in [-0.15, -0.1) is 5.10 Å². The van der Waals surface area contributed by atoms with Crippen LogP contribution in [-0.4, -0.2) is 45.1 Å². The summed E-state index contributed by atoms with van der Waals surface area (Å²) in [5.74, 6) is 0. The number of hydrogen-bond acceptors (Lipinski definition) is 6. The lowest BCUT2D eigenvalue weighted by atomic mass is 9.93. The lowest BCUT2D eigenvalue weighted by Crippen LogP contribution is -2.42. The van der Waals surface area contributed by atoms with Gasteiger partial charge in [0.05, 0.1) is 17.5 Å². The molecule has 2 N–H and O–H groups in total. The number of anilines is 1. The molecule has 0 bridgehead atoms. The van der Waals surface area contributed by atoms with Crippen molar-refractivity contribution in [3.8, 4) is 0 Å². The molecule has 0 aliphatic carbocycles. The fourth-order valence-corrected chi connectivity index (χ4v) is 3.08. The van der Waals surface area contributed by atoms with Gasteiger partial charge in [0.25, 0.3) is 0 Å². The van der Waals surface area contributed by atoms with Gasteiger partial charge in [-0.05, 0) is 0 Å². The summed E-state index contributed by atoms with van der Waals surface area (Å²) in [5, 5.41) is 18.9. The van der Waals surface area contributed by atoms with E-state index in [0.717, 1.165) is 15.8 Å². The van der Waals surface area contributed by atoms with Crippen LogP contribution in [0.1, 0.15) is 39.3 Å². The first kappa shape index (κ1) is 14.7. The van der Waals surface area contributed by atoms with Crippen LogP contribution in [0.15, 0.2) is 6.20 Å². The Morgan fingerprint density at radius 1 is 1.43 bits per heavy atom. The molecule has 2 aromatic rings. The Bertz CT molecular complexity index is 591. The van der Waals surface area contributed by atoms with E-state index in [1.807, 2.05) is 10.7 Å². The van der Waals surface area contributed by atoms with Gasteiger partial charge in [-0.3, -0.25) is 0 Å². The number of aliphatic hydroxyl groups is 1. The fraction of sp³-hybridized carbons (Fsp3) is 0.714. The van der Waals surface area contributed by atoms with E-state index in [4.69, 9.17) is 4.74 Å². The summed E-state index contributed by atoms with van der Waals surface area (Å²) in [6.07, 6.45) is 3.30. The highest BCUT2D eigenvalue weighted by Crippen LogP contribution is 2.27. The van der Waals surface area contributed by atoms with Crippen LogP contribution in [0.5, 0.6) is 0 Å². The van der Waals surface area contributed by atoms with E-state index in [-0.39, 0.29) is 5.41 Å². The van der Waals surface area contributed by atoms with E-state index in [0.29, 0.717) is 32.6 Å². The van der Waals surface area contributed by atoms with Gasteiger partial charge in [-0.25, -0.2) is 9.50 Å². The van der Waals surface area contributed by atoms with Gasteiger partial charge < -0.3 is 15.2 Å². The van der Waals surface area contributed by atoms with Gasteiger partial charge >= 0.3 is 0 Å². The van der Waals surface area contributed by atoms with Crippen LogP contribution in [0.4, 0.5) is 5.13 Å². The van der Waals surface area contributed by atoms with Gasteiger partial charge in [0.2, 0.25) is 10.1 Å². The normalized spacial score (nSPS) is 19.0. The first-order valence-electron chi connectivity index (χ1n) is 7.26. The molecule has 0 unspecified atom stereocenters. The SMILES string of the molecule is CC(C)(C)c1cn2nc(NCC3(O)CCOCC3)sc2n1. The predicted molar refractivity (Wildman–Crippen MR) is 83.1 cm³/mol. The molecule has 7 heteroatoms. The van der Waals surface area contributed by atoms with Crippen molar-refractivity contribution in [3.63, 3.8) is 0 Å². The zero-order valence-electron chi connectivity index (χ0n) is 12.7. The van der Waals surface area contributed by atoms with Crippen LogP contribution in [0, 0.1) is 0 Å². The molecule has 0 spiro atoms. The van der Waals surface area contributed by atoms with Crippen molar-refractivity contribution in [2.24, 2.45) is 0 Å². The smallest absolute Gasteiger partial charge is 0.214 e. The summed E-state index contributed by atoms with van der Waals surface area (Å²) < 4.78 is 7.09. The van der Waals surface area contributed by atoms with Crippen molar-refractivity contribution in [2.75, 3.05) is 25.1 Å². The average Bonchev–Trinajstić information content (AvgIpc) is 2.94. The summed E-state index contributed by atoms with van der Waals surface area (Å²) in [4.78, 5) is 5.49. The maximum absolute atomic E-state index is 10.4. The third-order valence-corrected chi connectivity index (χ3v) is 4.68. The molecular weight excluding hydrogens is 288 g/mol. The molecule has 0 radical (unpaired) electrons. The number of rotatable bonds is 3. The molecule has 2 aromatic heterocycles. The summed E-state index contributed by atoms with van der Waals surface area (Å²) >= 11 is 1.51. The van der Waals surface area contributed by atoms with E-state index < -0.39 is 5.60 Å². The van der Waals surface area contributed by atoms with E-state index >= 15 is 0 Å². The first-order valence-corrected chi connectivity index (χ1v) is 8.08. The molecule has 0 saturated carbocycles. The number of aromatic nitrogens is 3. The minimum Gasteiger partial charge on any atom is -0.388 e. The second-order valence-corrected chi connectivity index (χ2v) is 7.66. The van der Waals surface area contributed by atoms with E-state index in [2.05, 4.69) is 36.2 Å². The van der Waals surface area contributed by atoms with Crippen molar-refractivity contribution >= 4 is 21.4 Å². The second kappa shape index (κ2) is 5.23. The van der Waals surface area contributed by atoms with Crippen LogP contribution >= 0.6 is 11.3 Å². The van der Waals surface area contributed by atoms with E-state index in [1.54, 1.807) is 0 Å². The summed E-state index contributed by atoms with van der Waals surface area (Å²) in [6, 6.07) is 0. The molecule has 1 aliphatic heterocycles. The molecule has 6 nitrogen and oxygen atoms in total. The molecule has 116 valence electrons. The van der Waals surface area contributed by atoms with E-state index in [1.165, 1.54) is 11.3 Å². The van der Waals surface area contributed by atoms with Gasteiger partial charge in [0.15, 0.2) is 0 Å². The highest BCUT2D eigenvalue weighted by atomic mass is 32.1. The topological polar surface area (TPSA) is 71.7 Å². The van der Waals surface area contributed by atoms with Crippen LogP contribution in [0.25, 0.3) is 4.96 Å². The van der Waals surface area contributed by atoms with Gasteiger partial charge in [-0.1, -0.05) is 32.1 Å². The molecular formula is C14H22N4O2S. The lowest BCUT2D eigenvalue weighted by molar-refractivity contribution is -0.0543. The maximum Gasteiger partial charge on any atom is 0.214 e. The zero-order chi connectivity index (χ0) is 15.1. The van der Waals surface area contributed by atoms with Crippen molar-refractivity contribution in [1.82, 2.24) is 14.6 Å². The molecule has 0 aromatic carbocycles. The van der Waals surface area contributed by atoms with Crippen LogP contribution in [0.2, 0.25) is 0 Å². The van der Waals surface area contributed by atoms with Crippen LogP contribution in [0.3, 0.4) is 0 Å². The Hall–Kier alpha value is -1.18. The fourth-order valence-electron chi connectivity index (χ4n) is 2.30.